The van der Waals surface area contributed by atoms with Gasteiger partial charge in [0.05, 0.1) is 17.9 Å². The average Bonchev–Trinajstić information content (AvgIpc) is 3.25. The normalized spacial score (nSPS) is 19.3. The van der Waals surface area contributed by atoms with E-state index in [0.717, 1.165) is 25.3 Å². The molecule has 0 radical (unpaired) electrons. The third-order valence-corrected chi connectivity index (χ3v) is 4.67. The van der Waals surface area contributed by atoms with Gasteiger partial charge in [-0.05, 0) is 26.2 Å². The first kappa shape index (κ1) is 24.7. The van der Waals surface area contributed by atoms with Crippen LogP contribution in [0.4, 0.5) is 9.59 Å². The molecule has 0 aromatic carbocycles. The van der Waals surface area contributed by atoms with E-state index in [0.29, 0.717) is 0 Å². The lowest BCUT2D eigenvalue weighted by Crippen LogP contribution is -2.43. The predicted octanol–water partition coefficient (Wildman–Crippen LogP) is 2.63. The van der Waals surface area contributed by atoms with Crippen molar-refractivity contribution in [1.82, 2.24) is 36.3 Å². The summed E-state index contributed by atoms with van der Waals surface area (Å²) in [4.78, 5) is 23.6. The van der Waals surface area contributed by atoms with Crippen LogP contribution in [0.3, 0.4) is 0 Å². The molecule has 0 bridgehead atoms. The van der Waals surface area contributed by atoms with Crippen molar-refractivity contribution >= 4 is 12.1 Å². The zero-order valence-corrected chi connectivity index (χ0v) is 19.4. The summed E-state index contributed by atoms with van der Waals surface area (Å²) in [6.07, 6.45) is 1.75. The van der Waals surface area contributed by atoms with Gasteiger partial charge in [-0.1, -0.05) is 41.5 Å². The van der Waals surface area contributed by atoms with Gasteiger partial charge in [-0.2, -0.15) is 15.4 Å². The number of aromatic nitrogens is 3. The number of H-pyrrole nitrogens is 1. The second-order valence-electron chi connectivity index (χ2n) is 10.4. The molecular weight excluding hydrogens is 370 g/mol. The van der Waals surface area contributed by atoms with Gasteiger partial charge in [0.25, 0.3) is 0 Å². The number of hydrogen-bond acceptors (Lipinski definition) is 4. The first-order chi connectivity index (χ1) is 13.1. The summed E-state index contributed by atoms with van der Waals surface area (Å²) in [6.45, 7) is 21.1. The fraction of sp³-hybridized carbons (Fsp3) is 0.800. The number of rotatable bonds is 0. The zero-order valence-electron chi connectivity index (χ0n) is 19.4. The summed E-state index contributed by atoms with van der Waals surface area (Å²) in [5.74, 6) is 0. The number of carbonyl (C=O) groups excluding carboxylic acids is 2. The minimum absolute atomic E-state index is 0.0272. The average molecular weight is 410 g/mol. The Kier molecular flexibility index (Phi) is 8.06. The minimum atomic E-state index is -0.0417. The minimum Gasteiger partial charge on any atom is -0.336 e. The molecule has 4 N–H and O–H groups in total. The number of aromatic amines is 1. The van der Waals surface area contributed by atoms with E-state index in [2.05, 4.69) is 72.9 Å². The molecule has 0 saturated carbocycles. The summed E-state index contributed by atoms with van der Waals surface area (Å²) >= 11 is 0. The molecule has 9 nitrogen and oxygen atoms in total. The van der Waals surface area contributed by atoms with Crippen LogP contribution in [0.25, 0.3) is 0 Å². The van der Waals surface area contributed by atoms with Gasteiger partial charge in [-0.3, -0.25) is 0 Å². The Bertz CT molecular complexity index is 652. The van der Waals surface area contributed by atoms with Crippen LogP contribution < -0.4 is 16.0 Å². The molecule has 3 rings (SSSR count). The fourth-order valence-corrected chi connectivity index (χ4v) is 2.65. The maximum Gasteiger partial charge on any atom is 0.317 e. The van der Waals surface area contributed by atoms with Crippen LogP contribution in [-0.4, -0.2) is 63.6 Å². The van der Waals surface area contributed by atoms with E-state index in [4.69, 9.17) is 0 Å². The number of amides is 4. The Morgan fingerprint density at radius 1 is 1.00 bits per heavy atom. The van der Waals surface area contributed by atoms with Crippen molar-refractivity contribution in [2.24, 2.45) is 5.41 Å². The highest BCUT2D eigenvalue weighted by Gasteiger charge is 2.31. The van der Waals surface area contributed by atoms with Gasteiger partial charge in [0.2, 0.25) is 0 Å². The summed E-state index contributed by atoms with van der Waals surface area (Å²) in [5, 5.41) is 18.6. The molecule has 1 aromatic rings. The molecule has 2 aliphatic rings. The summed E-state index contributed by atoms with van der Waals surface area (Å²) in [7, 11) is 0. The smallest absolute Gasteiger partial charge is 0.317 e. The first-order valence-corrected chi connectivity index (χ1v) is 10.1. The highest BCUT2D eigenvalue weighted by Crippen LogP contribution is 2.20. The van der Waals surface area contributed by atoms with Crippen LogP contribution in [0.1, 0.15) is 68.0 Å². The van der Waals surface area contributed by atoms with Crippen molar-refractivity contribution in [3.05, 3.63) is 11.9 Å². The number of urea groups is 2. The van der Waals surface area contributed by atoms with Gasteiger partial charge < -0.3 is 20.9 Å². The predicted molar refractivity (Wildman–Crippen MR) is 115 cm³/mol. The zero-order chi connectivity index (χ0) is 22.5. The van der Waals surface area contributed by atoms with Crippen molar-refractivity contribution in [1.29, 1.82) is 0 Å². The van der Waals surface area contributed by atoms with Crippen LogP contribution in [0.15, 0.2) is 6.20 Å². The second-order valence-corrected chi connectivity index (χ2v) is 10.4. The number of carbonyl (C=O) groups is 2. The monoisotopic (exact) mass is 409 g/mol. The third kappa shape index (κ3) is 8.29. The standard InChI is InChI=1S/2C7H14N2O.C6H11N3/c1-7(2,3)9-5-4-8-6(9)10;1-7(2,3)5-4-8-6(10)9-5;1-6(2,3)5-4-7-9-8-5/h4-5H2,1-3H3,(H,8,10);5H,4H2,1-3H3,(H2,8,9,10);4H,1-3H3,(H,7,8,9). The highest BCUT2D eigenvalue weighted by molar-refractivity contribution is 5.77. The lowest BCUT2D eigenvalue weighted by atomic mass is 9.87. The van der Waals surface area contributed by atoms with Crippen molar-refractivity contribution in [2.45, 2.75) is 79.3 Å². The molecule has 1 unspecified atom stereocenters. The van der Waals surface area contributed by atoms with Crippen LogP contribution in [0, 0.1) is 5.41 Å². The molecular formula is C20H39N7O2. The molecule has 2 aliphatic heterocycles. The summed E-state index contributed by atoms with van der Waals surface area (Å²) in [5.41, 5.74) is 1.26. The molecule has 0 aliphatic carbocycles. The van der Waals surface area contributed by atoms with E-state index in [1.165, 1.54) is 0 Å². The molecule has 2 saturated heterocycles. The molecule has 4 amide bonds. The van der Waals surface area contributed by atoms with E-state index in [1.807, 2.05) is 25.7 Å². The summed E-state index contributed by atoms with van der Waals surface area (Å²) in [6, 6.07) is 0.299. The topological polar surface area (TPSA) is 115 Å². The SMILES string of the molecule is CC(C)(C)C1CNC(=O)N1.CC(C)(C)N1CCNC1=O.CC(C)(C)c1cn[nH]n1. The van der Waals surface area contributed by atoms with Crippen molar-refractivity contribution in [2.75, 3.05) is 19.6 Å². The molecule has 2 fully saturated rings. The molecule has 1 atom stereocenters. The molecule has 166 valence electrons. The number of hydrogen-bond donors (Lipinski definition) is 4. The third-order valence-electron chi connectivity index (χ3n) is 4.67. The Balaban J connectivity index is 0.000000218. The first-order valence-electron chi connectivity index (χ1n) is 10.1. The van der Waals surface area contributed by atoms with Crippen LogP contribution >= 0.6 is 0 Å². The fourth-order valence-electron chi connectivity index (χ4n) is 2.65. The number of nitrogens with one attached hydrogen (secondary N) is 4. The Morgan fingerprint density at radius 3 is 1.83 bits per heavy atom. The van der Waals surface area contributed by atoms with Crippen molar-refractivity contribution in [3.8, 4) is 0 Å². The van der Waals surface area contributed by atoms with Gasteiger partial charge >= 0.3 is 12.1 Å². The Morgan fingerprint density at radius 2 is 1.62 bits per heavy atom. The van der Waals surface area contributed by atoms with Crippen LogP contribution in [0.2, 0.25) is 0 Å². The van der Waals surface area contributed by atoms with E-state index < -0.39 is 0 Å². The van der Waals surface area contributed by atoms with E-state index in [9.17, 15) is 9.59 Å². The molecule has 9 heteroatoms. The Labute approximate surface area is 174 Å². The van der Waals surface area contributed by atoms with Gasteiger partial charge in [-0.25, -0.2) is 9.59 Å². The Hall–Kier alpha value is -2.32. The number of nitrogens with zero attached hydrogens (tertiary/aromatic N) is 3. The molecule has 29 heavy (non-hydrogen) atoms. The maximum absolute atomic E-state index is 11.0. The van der Waals surface area contributed by atoms with Crippen LogP contribution in [-0.2, 0) is 5.41 Å². The molecule has 1 aromatic heterocycles. The van der Waals surface area contributed by atoms with E-state index in [-0.39, 0.29) is 34.5 Å². The largest absolute Gasteiger partial charge is 0.336 e. The van der Waals surface area contributed by atoms with E-state index in [1.54, 1.807) is 6.20 Å². The molecule has 3 heterocycles. The quantitative estimate of drug-likeness (QED) is 0.527. The summed E-state index contributed by atoms with van der Waals surface area (Å²) < 4.78 is 0. The van der Waals surface area contributed by atoms with Gasteiger partial charge in [0.15, 0.2) is 0 Å². The molecule has 0 spiro atoms. The van der Waals surface area contributed by atoms with Crippen LogP contribution in [0.5, 0.6) is 0 Å². The van der Waals surface area contributed by atoms with Crippen molar-refractivity contribution in [3.63, 3.8) is 0 Å². The van der Waals surface area contributed by atoms with E-state index >= 15 is 0 Å². The van der Waals surface area contributed by atoms with Gasteiger partial charge in [0, 0.05) is 30.6 Å². The second kappa shape index (κ2) is 9.45. The van der Waals surface area contributed by atoms with Gasteiger partial charge in [0.1, 0.15) is 0 Å². The lowest BCUT2D eigenvalue weighted by molar-refractivity contribution is 0.171. The van der Waals surface area contributed by atoms with Gasteiger partial charge in [-0.15, -0.1) is 0 Å². The lowest BCUT2D eigenvalue weighted by Gasteiger charge is -2.30. The maximum atomic E-state index is 11.0. The van der Waals surface area contributed by atoms with Crippen molar-refractivity contribution < 1.29 is 9.59 Å². The highest BCUT2D eigenvalue weighted by atomic mass is 16.2.